The zero-order valence-electron chi connectivity index (χ0n) is 14.3. The number of hydrogen-bond acceptors (Lipinski definition) is 6. The number of carbonyl (C=O) groups excluding carboxylic acids is 2. The van der Waals surface area contributed by atoms with E-state index in [9.17, 15) is 14.4 Å². The molecule has 1 N–H and O–H groups in total. The van der Waals surface area contributed by atoms with E-state index in [1.807, 2.05) is 13.8 Å². The SMILES string of the molecule is CC12CCC(C)(O1)C1C(=O)N(c3ccc(-c4noc(=O)[nH]4)cc3)C(=O)C12. The fourth-order valence-corrected chi connectivity index (χ4v) is 4.85. The van der Waals surface area contributed by atoms with Crippen molar-refractivity contribution in [2.75, 3.05) is 4.90 Å². The molecule has 3 aliphatic rings. The van der Waals surface area contributed by atoms with E-state index in [1.165, 1.54) is 4.90 Å². The third kappa shape index (κ3) is 1.82. The Kier molecular flexibility index (Phi) is 2.80. The zero-order valence-corrected chi connectivity index (χ0v) is 14.3. The Balaban J connectivity index is 1.51. The van der Waals surface area contributed by atoms with Crippen LogP contribution in [-0.4, -0.2) is 33.2 Å². The van der Waals surface area contributed by atoms with Crippen molar-refractivity contribution in [3.63, 3.8) is 0 Å². The van der Waals surface area contributed by atoms with E-state index in [4.69, 9.17) is 4.74 Å². The van der Waals surface area contributed by atoms with Gasteiger partial charge in [-0.2, -0.15) is 0 Å². The van der Waals surface area contributed by atoms with Crippen molar-refractivity contribution in [2.24, 2.45) is 11.8 Å². The largest absolute Gasteiger partial charge is 0.439 e. The average Bonchev–Trinajstić information content (AvgIpc) is 3.29. The topological polar surface area (TPSA) is 106 Å². The minimum absolute atomic E-state index is 0.200. The number of imide groups is 1. The maximum atomic E-state index is 13.0. The van der Waals surface area contributed by atoms with Crippen molar-refractivity contribution in [1.82, 2.24) is 10.1 Å². The van der Waals surface area contributed by atoms with Crippen LogP contribution in [-0.2, 0) is 14.3 Å². The molecule has 0 saturated carbocycles. The standard InChI is InChI=1S/C18H17N3O5/c1-17-7-8-18(2,26-17)12-11(17)14(22)21(15(12)23)10-5-3-9(4-6-10)13-19-16(24)25-20-13/h3-6,11-12H,7-8H2,1-2H3,(H,19,20,24). The Bertz CT molecular complexity index is 959. The van der Waals surface area contributed by atoms with Crippen molar-refractivity contribution in [2.45, 2.75) is 37.9 Å². The summed E-state index contributed by atoms with van der Waals surface area (Å²) in [7, 11) is 0. The first-order valence-electron chi connectivity index (χ1n) is 8.57. The van der Waals surface area contributed by atoms with Gasteiger partial charge in [0.15, 0.2) is 5.82 Å². The van der Waals surface area contributed by atoms with Gasteiger partial charge in [0.05, 0.1) is 28.7 Å². The molecule has 0 radical (unpaired) electrons. The molecule has 8 heteroatoms. The molecule has 2 amide bonds. The number of amides is 2. The molecule has 4 heterocycles. The van der Waals surface area contributed by atoms with Crippen LogP contribution in [0.1, 0.15) is 26.7 Å². The summed E-state index contributed by atoms with van der Waals surface area (Å²) >= 11 is 0. The summed E-state index contributed by atoms with van der Waals surface area (Å²) in [5, 5.41) is 3.63. The van der Waals surface area contributed by atoms with Gasteiger partial charge in [-0.3, -0.25) is 19.1 Å². The monoisotopic (exact) mass is 355 g/mol. The minimum atomic E-state index is -0.640. The maximum Gasteiger partial charge on any atom is 0.439 e. The van der Waals surface area contributed by atoms with Crippen molar-refractivity contribution in [3.8, 4) is 11.4 Å². The molecule has 3 saturated heterocycles. The summed E-state index contributed by atoms with van der Waals surface area (Å²) in [5.74, 6) is -1.61. The van der Waals surface area contributed by atoms with Crippen LogP contribution in [0.3, 0.4) is 0 Å². The predicted octanol–water partition coefficient (Wildman–Crippen LogP) is 1.48. The number of rotatable bonds is 2. The highest BCUT2D eigenvalue weighted by Gasteiger charge is 2.72. The molecule has 3 fully saturated rings. The lowest BCUT2D eigenvalue weighted by Gasteiger charge is -2.27. The summed E-state index contributed by atoms with van der Waals surface area (Å²) in [6.45, 7) is 3.86. The number of aromatic nitrogens is 2. The van der Waals surface area contributed by atoms with Crippen LogP contribution in [0, 0.1) is 11.8 Å². The molecule has 4 atom stereocenters. The van der Waals surface area contributed by atoms with Crippen LogP contribution >= 0.6 is 0 Å². The number of hydrogen-bond donors (Lipinski definition) is 1. The van der Waals surface area contributed by atoms with E-state index in [0.29, 0.717) is 17.1 Å². The van der Waals surface area contributed by atoms with Crippen molar-refractivity contribution >= 4 is 17.5 Å². The van der Waals surface area contributed by atoms with E-state index in [1.54, 1.807) is 24.3 Å². The molecule has 2 aromatic rings. The summed E-state index contributed by atoms with van der Waals surface area (Å²) in [6.07, 6.45) is 1.58. The van der Waals surface area contributed by atoms with E-state index in [2.05, 4.69) is 14.7 Å². The highest BCUT2D eigenvalue weighted by Crippen LogP contribution is 2.60. The molecule has 0 aliphatic carbocycles. The second-order valence-corrected chi connectivity index (χ2v) is 7.69. The Morgan fingerprint density at radius 2 is 1.62 bits per heavy atom. The number of fused-ring (bicyclic) bond motifs is 5. The van der Waals surface area contributed by atoms with Gasteiger partial charge in [-0.25, -0.2) is 9.69 Å². The average molecular weight is 355 g/mol. The summed E-state index contributed by atoms with van der Waals surface area (Å²) in [4.78, 5) is 40.9. The number of H-pyrrole nitrogens is 1. The normalized spacial score (nSPS) is 35.4. The lowest BCUT2D eigenvalue weighted by Crippen LogP contribution is -2.40. The van der Waals surface area contributed by atoms with E-state index >= 15 is 0 Å². The summed E-state index contributed by atoms with van der Waals surface area (Å²) in [6, 6.07) is 6.72. The number of carbonyl (C=O) groups is 2. The van der Waals surface area contributed by atoms with Crippen LogP contribution in [0.5, 0.6) is 0 Å². The Morgan fingerprint density at radius 1 is 1.04 bits per heavy atom. The van der Waals surface area contributed by atoms with E-state index in [0.717, 1.165) is 12.8 Å². The number of nitrogens with one attached hydrogen (secondary N) is 1. The number of nitrogens with zero attached hydrogens (tertiary/aromatic N) is 2. The molecule has 2 bridgehead atoms. The fourth-order valence-electron chi connectivity index (χ4n) is 4.85. The van der Waals surface area contributed by atoms with Gasteiger partial charge in [-0.1, -0.05) is 5.16 Å². The molecule has 26 heavy (non-hydrogen) atoms. The smallest absolute Gasteiger partial charge is 0.367 e. The summed E-state index contributed by atoms with van der Waals surface area (Å²) < 4.78 is 10.6. The van der Waals surface area contributed by atoms with Gasteiger partial charge in [-0.15, -0.1) is 0 Å². The predicted molar refractivity (Wildman–Crippen MR) is 89.2 cm³/mol. The van der Waals surface area contributed by atoms with Crippen LogP contribution in [0.4, 0.5) is 5.69 Å². The first kappa shape index (κ1) is 15.5. The van der Waals surface area contributed by atoms with Crippen LogP contribution in [0.2, 0.25) is 0 Å². The van der Waals surface area contributed by atoms with Gasteiger partial charge in [0.1, 0.15) is 0 Å². The van der Waals surface area contributed by atoms with Crippen molar-refractivity contribution in [1.29, 1.82) is 0 Å². The molecule has 1 aromatic heterocycles. The van der Waals surface area contributed by atoms with Gasteiger partial charge in [0.25, 0.3) is 0 Å². The molecule has 5 rings (SSSR count). The van der Waals surface area contributed by atoms with Gasteiger partial charge >= 0.3 is 5.76 Å². The van der Waals surface area contributed by atoms with E-state index in [-0.39, 0.29) is 11.8 Å². The van der Waals surface area contributed by atoms with Gasteiger partial charge in [0.2, 0.25) is 11.8 Å². The zero-order chi connectivity index (χ0) is 18.3. The van der Waals surface area contributed by atoms with Crippen LogP contribution in [0.15, 0.2) is 33.6 Å². The van der Waals surface area contributed by atoms with E-state index < -0.39 is 28.8 Å². The molecule has 4 unspecified atom stereocenters. The molecule has 1 aromatic carbocycles. The molecular formula is C18H17N3O5. The Hall–Kier alpha value is -2.74. The molecule has 8 nitrogen and oxygen atoms in total. The highest BCUT2D eigenvalue weighted by molar-refractivity contribution is 6.23. The second-order valence-electron chi connectivity index (χ2n) is 7.69. The first-order valence-corrected chi connectivity index (χ1v) is 8.57. The third-order valence-corrected chi connectivity index (χ3v) is 6.05. The lowest BCUT2D eigenvalue weighted by atomic mass is 9.69. The third-order valence-electron chi connectivity index (χ3n) is 6.05. The molecule has 134 valence electrons. The fraction of sp³-hybridized carbons (Fsp3) is 0.444. The minimum Gasteiger partial charge on any atom is -0.367 e. The maximum absolute atomic E-state index is 13.0. The number of benzene rings is 1. The van der Waals surface area contributed by atoms with Crippen molar-refractivity contribution in [3.05, 3.63) is 34.8 Å². The van der Waals surface area contributed by atoms with Gasteiger partial charge < -0.3 is 4.74 Å². The van der Waals surface area contributed by atoms with Gasteiger partial charge in [0, 0.05) is 5.56 Å². The van der Waals surface area contributed by atoms with Crippen molar-refractivity contribution < 1.29 is 18.8 Å². The van der Waals surface area contributed by atoms with Crippen LogP contribution < -0.4 is 10.7 Å². The lowest BCUT2D eigenvalue weighted by molar-refractivity contribution is -0.129. The van der Waals surface area contributed by atoms with Crippen LogP contribution in [0.25, 0.3) is 11.4 Å². The Morgan fingerprint density at radius 3 is 2.12 bits per heavy atom. The molecule has 0 spiro atoms. The molecule has 3 aliphatic heterocycles. The number of ether oxygens (including phenoxy) is 1. The second kappa shape index (κ2) is 4.70. The quantitative estimate of drug-likeness (QED) is 0.818. The number of aromatic amines is 1. The van der Waals surface area contributed by atoms with Gasteiger partial charge in [-0.05, 0) is 51.0 Å². The Labute approximate surface area is 148 Å². The highest BCUT2D eigenvalue weighted by atomic mass is 16.5. The molecular weight excluding hydrogens is 338 g/mol. The first-order chi connectivity index (χ1) is 12.3. The summed E-state index contributed by atoms with van der Waals surface area (Å²) in [5.41, 5.74) is -0.000872. The number of anilines is 1.